The molecule has 3 nitrogen and oxygen atoms in total. The van der Waals surface area contributed by atoms with Gasteiger partial charge in [0.1, 0.15) is 0 Å². The van der Waals surface area contributed by atoms with Crippen molar-refractivity contribution in [2.75, 3.05) is 7.11 Å². The molecule has 1 aromatic carbocycles. The summed E-state index contributed by atoms with van der Waals surface area (Å²) in [7, 11) is 1.24. The number of carbonyl (C=O) groups excluding carboxylic acids is 2. The van der Waals surface area contributed by atoms with E-state index in [4.69, 9.17) is 0 Å². The van der Waals surface area contributed by atoms with Crippen LogP contribution in [0.4, 0.5) is 0 Å². The first kappa shape index (κ1) is 11.5. The predicted octanol–water partition coefficient (Wildman–Crippen LogP) is 1.86. The largest absolute Gasteiger partial charge is 0.465 e. The normalized spacial score (nSPS) is 10.9. The highest BCUT2D eigenvalue weighted by atomic mass is 32.1. The number of thiol groups is 1. The molecule has 0 amide bonds. The van der Waals surface area contributed by atoms with Crippen LogP contribution in [0.1, 0.15) is 10.4 Å². The SMILES string of the molecule is COC(=O)/C(S)=C/C(=O)c1ccccc1. The van der Waals surface area contributed by atoms with Gasteiger partial charge in [-0.2, -0.15) is 0 Å². The summed E-state index contributed by atoms with van der Waals surface area (Å²) in [6, 6.07) is 8.63. The van der Waals surface area contributed by atoms with Gasteiger partial charge < -0.3 is 4.74 Å². The fraction of sp³-hybridized carbons (Fsp3) is 0.0909. The van der Waals surface area contributed by atoms with Crippen LogP contribution in [0.25, 0.3) is 0 Å². The first-order valence-electron chi connectivity index (χ1n) is 4.23. The zero-order valence-electron chi connectivity index (χ0n) is 8.14. The maximum Gasteiger partial charge on any atom is 0.344 e. The zero-order chi connectivity index (χ0) is 11.3. The highest BCUT2D eigenvalue weighted by Crippen LogP contribution is 2.07. The molecule has 0 aliphatic carbocycles. The average molecular weight is 222 g/mol. The summed E-state index contributed by atoms with van der Waals surface area (Å²) >= 11 is 3.86. The average Bonchev–Trinajstić information content (AvgIpc) is 2.29. The lowest BCUT2D eigenvalue weighted by Gasteiger charge is -1.97. The van der Waals surface area contributed by atoms with Gasteiger partial charge in [-0.25, -0.2) is 4.79 Å². The lowest BCUT2D eigenvalue weighted by Crippen LogP contribution is -2.03. The molecule has 15 heavy (non-hydrogen) atoms. The molecule has 0 saturated heterocycles. The molecule has 0 fully saturated rings. The van der Waals surface area contributed by atoms with Crippen molar-refractivity contribution in [3.63, 3.8) is 0 Å². The van der Waals surface area contributed by atoms with Gasteiger partial charge in [-0.05, 0) is 0 Å². The summed E-state index contributed by atoms with van der Waals surface area (Å²) in [5, 5.41) is 0. The van der Waals surface area contributed by atoms with Gasteiger partial charge in [0.15, 0.2) is 5.78 Å². The number of ketones is 1. The van der Waals surface area contributed by atoms with Gasteiger partial charge in [0.25, 0.3) is 0 Å². The zero-order valence-corrected chi connectivity index (χ0v) is 9.03. The first-order valence-corrected chi connectivity index (χ1v) is 4.68. The second kappa shape index (κ2) is 5.36. The van der Waals surface area contributed by atoms with Gasteiger partial charge in [-0.1, -0.05) is 30.3 Å². The van der Waals surface area contributed by atoms with Gasteiger partial charge in [-0.15, -0.1) is 12.6 Å². The van der Waals surface area contributed by atoms with Crippen LogP contribution in [0.5, 0.6) is 0 Å². The lowest BCUT2D eigenvalue weighted by atomic mass is 10.1. The van der Waals surface area contributed by atoms with Crippen LogP contribution in [0, 0.1) is 0 Å². The monoisotopic (exact) mass is 222 g/mol. The van der Waals surface area contributed by atoms with E-state index in [2.05, 4.69) is 17.4 Å². The number of carbonyl (C=O) groups is 2. The molecule has 1 aromatic rings. The first-order chi connectivity index (χ1) is 7.15. The summed E-state index contributed by atoms with van der Waals surface area (Å²) in [5.41, 5.74) is 0.507. The smallest absolute Gasteiger partial charge is 0.344 e. The van der Waals surface area contributed by atoms with Gasteiger partial charge in [0, 0.05) is 11.6 Å². The van der Waals surface area contributed by atoms with Crippen LogP contribution in [0.3, 0.4) is 0 Å². The Kier molecular flexibility index (Phi) is 4.12. The van der Waals surface area contributed by atoms with Crippen molar-refractivity contribution in [3.05, 3.63) is 46.9 Å². The van der Waals surface area contributed by atoms with Crippen LogP contribution in [-0.4, -0.2) is 18.9 Å². The Morgan fingerprint density at radius 3 is 2.40 bits per heavy atom. The number of rotatable bonds is 3. The van der Waals surface area contributed by atoms with E-state index in [9.17, 15) is 9.59 Å². The van der Waals surface area contributed by atoms with Gasteiger partial charge in [0.05, 0.1) is 12.0 Å². The minimum Gasteiger partial charge on any atom is -0.465 e. The van der Waals surface area contributed by atoms with E-state index >= 15 is 0 Å². The maximum absolute atomic E-state index is 11.5. The van der Waals surface area contributed by atoms with Crippen LogP contribution in [-0.2, 0) is 9.53 Å². The van der Waals surface area contributed by atoms with Gasteiger partial charge in [-0.3, -0.25) is 4.79 Å². The number of esters is 1. The van der Waals surface area contributed by atoms with Crippen molar-refractivity contribution in [1.82, 2.24) is 0 Å². The van der Waals surface area contributed by atoms with E-state index < -0.39 is 5.97 Å². The fourth-order valence-corrected chi connectivity index (χ4v) is 1.18. The highest BCUT2D eigenvalue weighted by molar-refractivity contribution is 7.85. The molecule has 0 saturated carbocycles. The van der Waals surface area contributed by atoms with E-state index in [1.165, 1.54) is 7.11 Å². The molecule has 0 radical (unpaired) electrons. The molecule has 0 aromatic heterocycles. The van der Waals surface area contributed by atoms with Crippen LogP contribution in [0.15, 0.2) is 41.3 Å². The van der Waals surface area contributed by atoms with E-state index in [1.54, 1.807) is 24.3 Å². The number of hydrogen-bond donors (Lipinski definition) is 1. The minimum atomic E-state index is -0.623. The highest BCUT2D eigenvalue weighted by Gasteiger charge is 2.08. The summed E-state index contributed by atoms with van der Waals surface area (Å²) in [4.78, 5) is 22.5. The Hall–Kier alpha value is -1.55. The molecule has 0 unspecified atom stereocenters. The summed E-state index contributed by atoms with van der Waals surface area (Å²) < 4.78 is 4.41. The summed E-state index contributed by atoms with van der Waals surface area (Å²) in [6.45, 7) is 0. The van der Waals surface area contributed by atoms with E-state index in [-0.39, 0.29) is 10.7 Å². The quantitative estimate of drug-likeness (QED) is 0.367. The number of ether oxygens (including phenoxy) is 1. The number of benzene rings is 1. The minimum absolute atomic E-state index is 0.00801. The van der Waals surface area contributed by atoms with Crippen molar-refractivity contribution in [1.29, 1.82) is 0 Å². The third kappa shape index (κ3) is 3.25. The van der Waals surface area contributed by atoms with Crippen molar-refractivity contribution < 1.29 is 14.3 Å². The van der Waals surface area contributed by atoms with Crippen LogP contribution >= 0.6 is 12.6 Å². The second-order valence-corrected chi connectivity index (χ2v) is 3.23. The summed E-state index contributed by atoms with van der Waals surface area (Å²) in [6.07, 6.45) is 1.14. The number of hydrogen-bond acceptors (Lipinski definition) is 4. The topological polar surface area (TPSA) is 43.4 Å². The van der Waals surface area contributed by atoms with Gasteiger partial charge in [0.2, 0.25) is 0 Å². The van der Waals surface area contributed by atoms with E-state index in [0.717, 1.165) is 6.08 Å². The van der Waals surface area contributed by atoms with Crippen LogP contribution in [0.2, 0.25) is 0 Å². The molecule has 0 atom stereocenters. The molecular weight excluding hydrogens is 212 g/mol. The molecule has 0 bridgehead atoms. The molecule has 4 heteroatoms. The fourth-order valence-electron chi connectivity index (χ4n) is 0.973. The third-order valence-corrected chi connectivity index (χ3v) is 2.03. The molecule has 0 aliphatic rings. The standard InChI is InChI=1S/C11H10O3S/c1-14-11(13)10(15)7-9(12)8-5-3-2-4-6-8/h2-7,15H,1H3/b10-7-. The molecular formula is C11H10O3S. The molecule has 0 aliphatic heterocycles. The molecule has 0 spiro atoms. The van der Waals surface area contributed by atoms with Crippen molar-refractivity contribution in [2.24, 2.45) is 0 Å². The Morgan fingerprint density at radius 2 is 1.87 bits per heavy atom. The van der Waals surface area contributed by atoms with E-state index in [1.807, 2.05) is 6.07 Å². The second-order valence-electron chi connectivity index (χ2n) is 2.75. The van der Waals surface area contributed by atoms with E-state index in [0.29, 0.717) is 5.56 Å². The lowest BCUT2D eigenvalue weighted by molar-refractivity contribution is -0.135. The van der Waals surface area contributed by atoms with Gasteiger partial charge >= 0.3 is 5.97 Å². The Morgan fingerprint density at radius 1 is 1.27 bits per heavy atom. The van der Waals surface area contributed by atoms with Crippen LogP contribution < -0.4 is 0 Å². The number of methoxy groups -OCH3 is 1. The Labute approximate surface area is 93.2 Å². The predicted molar refractivity (Wildman–Crippen MR) is 59.9 cm³/mol. The molecule has 78 valence electrons. The third-order valence-electron chi connectivity index (χ3n) is 1.72. The van der Waals surface area contributed by atoms with Crippen molar-refractivity contribution in [3.8, 4) is 0 Å². The maximum atomic E-state index is 11.5. The molecule has 0 N–H and O–H groups in total. The molecule has 0 heterocycles. The Balaban J connectivity index is 2.84. The number of allylic oxidation sites excluding steroid dienone is 1. The Bertz CT molecular complexity index is 396. The summed E-state index contributed by atoms with van der Waals surface area (Å²) in [5.74, 6) is -0.895. The van der Waals surface area contributed by atoms with Crippen molar-refractivity contribution >= 4 is 24.4 Å². The molecule has 1 rings (SSSR count). The van der Waals surface area contributed by atoms with Crippen molar-refractivity contribution in [2.45, 2.75) is 0 Å².